The first-order valence-electron chi connectivity index (χ1n) is 4.74. The average Bonchev–Trinajstić information content (AvgIpc) is 2.54. The van der Waals surface area contributed by atoms with Crippen LogP contribution in [-0.2, 0) is 7.05 Å². The van der Waals surface area contributed by atoms with Crippen molar-refractivity contribution in [1.29, 1.82) is 0 Å². The lowest BCUT2D eigenvalue weighted by molar-refractivity contribution is 0.627. The van der Waals surface area contributed by atoms with E-state index in [-0.39, 0.29) is 5.82 Å². The van der Waals surface area contributed by atoms with Crippen LogP contribution in [0.4, 0.5) is 10.2 Å². The molecule has 0 bridgehead atoms. The Labute approximate surface area is 101 Å². The first-order valence-corrected chi connectivity index (χ1v) is 5.53. The molecule has 0 aliphatic rings. The SMILES string of the molecule is Cc1c(Br)cc(F)cc1-c1cnn(C)c1N. The summed E-state index contributed by atoms with van der Waals surface area (Å²) in [5.74, 6) is 0.233. The zero-order valence-corrected chi connectivity index (χ0v) is 10.5. The summed E-state index contributed by atoms with van der Waals surface area (Å²) < 4.78 is 15.6. The van der Waals surface area contributed by atoms with Crippen LogP contribution in [0.15, 0.2) is 22.8 Å². The number of nitrogen functional groups attached to an aromatic ring is 1. The van der Waals surface area contributed by atoms with Crippen LogP contribution in [0.3, 0.4) is 0 Å². The molecule has 0 saturated carbocycles. The van der Waals surface area contributed by atoms with Gasteiger partial charge in [-0.1, -0.05) is 15.9 Å². The van der Waals surface area contributed by atoms with Gasteiger partial charge in [-0.3, -0.25) is 4.68 Å². The number of benzene rings is 1. The van der Waals surface area contributed by atoms with Crippen molar-refractivity contribution >= 4 is 21.7 Å². The van der Waals surface area contributed by atoms with Gasteiger partial charge in [0.1, 0.15) is 11.6 Å². The number of rotatable bonds is 1. The highest BCUT2D eigenvalue weighted by Crippen LogP contribution is 2.32. The van der Waals surface area contributed by atoms with Gasteiger partial charge in [-0.2, -0.15) is 5.10 Å². The van der Waals surface area contributed by atoms with Gasteiger partial charge in [0.05, 0.1) is 6.20 Å². The molecular weight excluding hydrogens is 273 g/mol. The van der Waals surface area contributed by atoms with E-state index in [1.807, 2.05) is 6.92 Å². The van der Waals surface area contributed by atoms with E-state index in [1.165, 1.54) is 12.1 Å². The predicted molar refractivity (Wildman–Crippen MR) is 65.5 cm³/mol. The zero-order chi connectivity index (χ0) is 11.9. The Kier molecular flexibility index (Phi) is 2.71. The average molecular weight is 284 g/mol. The smallest absolute Gasteiger partial charge is 0.129 e. The highest BCUT2D eigenvalue weighted by Gasteiger charge is 2.13. The van der Waals surface area contributed by atoms with Gasteiger partial charge in [0.15, 0.2) is 0 Å². The molecule has 3 nitrogen and oxygen atoms in total. The molecule has 0 aliphatic heterocycles. The molecular formula is C11H11BrFN3. The standard InChI is InChI=1S/C11H11BrFN3/c1-6-8(3-7(13)4-10(6)12)9-5-15-16(2)11(9)14/h3-5H,14H2,1-2H3. The van der Waals surface area contributed by atoms with Crippen LogP contribution in [0, 0.1) is 12.7 Å². The number of nitrogens with two attached hydrogens (primary N) is 1. The maximum atomic E-state index is 13.3. The van der Waals surface area contributed by atoms with E-state index in [2.05, 4.69) is 21.0 Å². The number of hydrogen-bond acceptors (Lipinski definition) is 2. The molecule has 2 N–H and O–H groups in total. The first-order chi connectivity index (χ1) is 7.50. The summed E-state index contributed by atoms with van der Waals surface area (Å²) in [6, 6.07) is 2.90. The summed E-state index contributed by atoms with van der Waals surface area (Å²) in [6.45, 7) is 1.91. The second-order valence-electron chi connectivity index (χ2n) is 3.63. The van der Waals surface area contributed by atoms with Gasteiger partial charge < -0.3 is 5.73 Å². The van der Waals surface area contributed by atoms with Gasteiger partial charge >= 0.3 is 0 Å². The molecule has 0 amide bonds. The highest BCUT2D eigenvalue weighted by atomic mass is 79.9. The van der Waals surface area contributed by atoms with Crippen LogP contribution in [0.2, 0.25) is 0 Å². The van der Waals surface area contributed by atoms with Gasteiger partial charge in [0.25, 0.3) is 0 Å². The molecule has 0 spiro atoms. The fourth-order valence-electron chi connectivity index (χ4n) is 1.58. The van der Waals surface area contributed by atoms with Crippen LogP contribution < -0.4 is 5.73 Å². The topological polar surface area (TPSA) is 43.8 Å². The minimum atomic E-state index is -0.296. The summed E-state index contributed by atoms with van der Waals surface area (Å²) in [4.78, 5) is 0. The second-order valence-corrected chi connectivity index (χ2v) is 4.48. The molecule has 0 unspecified atom stereocenters. The Morgan fingerprint density at radius 1 is 1.38 bits per heavy atom. The third-order valence-corrected chi connectivity index (χ3v) is 3.41. The van der Waals surface area contributed by atoms with Gasteiger partial charge in [0, 0.05) is 17.1 Å². The lowest BCUT2D eigenvalue weighted by atomic mass is 10.0. The van der Waals surface area contributed by atoms with Crippen LogP contribution in [0.1, 0.15) is 5.56 Å². The second kappa shape index (κ2) is 3.90. The minimum Gasteiger partial charge on any atom is -0.383 e. The fraction of sp³-hybridized carbons (Fsp3) is 0.182. The Morgan fingerprint density at radius 2 is 2.06 bits per heavy atom. The van der Waals surface area contributed by atoms with E-state index in [1.54, 1.807) is 17.9 Å². The summed E-state index contributed by atoms with van der Waals surface area (Å²) >= 11 is 3.32. The molecule has 84 valence electrons. The van der Waals surface area contributed by atoms with Crippen molar-refractivity contribution < 1.29 is 4.39 Å². The summed E-state index contributed by atoms with van der Waals surface area (Å²) in [7, 11) is 1.75. The normalized spacial score (nSPS) is 10.8. The lowest BCUT2D eigenvalue weighted by Crippen LogP contribution is -1.98. The maximum absolute atomic E-state index is 13.3. The van der Waals surface area contributed by atoms with Crippen LogP contribution in [0.5, 0.6) is 0 Å². The molecule has 0 atom stereocenters. The monoisotopic (exact) mass is 283 g/mol. The molecule has 1 aromatic heterocycles. The Bertz CT molecular complexity index is 548. The van der Waals surface area contributed by atoms with Gasteiger partial charge in [-0.25, -0.2) is 4.39 Å². The fourth-order valence-corrected chi connectivity index (χ4v) is 2.01. The minimum absolute atomic E-state index is 0.296. The van der Waals surface area contributed by atoms with E-state index in [9.17, 15) is 4.39 Å². The van der Waals surface area contributed by atoms with Crippen molar-refractivity contribution in [2.24, 2.45) is 7.05 Å². The Balaban J connectivity index is 2.69. The van der Waals surface area contributed by atoms with Gasteiger partial charge in [0.2, 0.25) is 0 Å². The van der Waals surface area contributed by atoms with E-state index in [0.29, 0.717) is 5.82 Å². The molecule has 0 radical (unpaired) electrons. The molecule has 2 rings (SSSR count). The number of aryl methyl sites for hydroxylation is 1. The predicted octanol–water partition coefficient (Wildman–Crippen LogP) is 2.88. The zero-order valence-electron chi connectivity index (χ0n) is 8.96. The number of halogens is 2. The van der Waals surface area contributed by atoms with Crippen LogP contribution in [0.25, 0.3) is 11.1 Å². The summed E-state index contributed by atoms with van der Waals surface area (Å²) in [6.07, 6.45) is 1.64. The van der Waals surface area contributed by atoms with Crippen molar-refractivity contribution in [3.05, 3.63) is 34.2 Å². The first kappa shape index (κ1) is 11.1. The highest BCUT2D eigenvalue weighted by molar-refractivity contribution is 9.10. The number of nitrogens with zero attached hydrogens (tertiary/aromatic N) is 2. The Morgan fingerprint density at radius 3 is 2.62 bits per heavy atom. The molecule has 1 heterocycles. The van der Waals surface area contributed by atoms with Gasteiger partial charge in [-0.15, -0.1) is 0 Å². The Hall–Kier alpha value is -1.36. The van der Waals surface area contributed by atoms with Gasteiger partial charge in [-0.05, 0) is 30.2 Å². The molecule has 16 heavy (non-hydrogen) atoms. The van der Waals surface area contributed by atoms with E-state index < -0.39 is 0 Å². The molecule has 1 aromatic carbocycles. The number of hydrogen-bond donors (Lipinski definition) is 1. The van der Waals surface area contributed by atoms with Crippen molar-refractivity contribution in [2.75, 3.05) is 5.73 Å². The third kappa shape index (κ3) is 1.71. The van der Waals surface area contributed by atoms with Crippen molar-refractivity contribution in [3.8, 4) is 11.1 Å². The molecule has 2 aromatic rings. The summed E-state index contributed by atoms with van der Waals surface area (Å²) in [5.41, 5.74) is 8.32. The maximum Gasteiger partial charge on any atom is 0.129 e. The molecule has 0 saturated heterocycles. The quantitative estimate of drug-likeness (QED) is 0.875. The number of aromatic nitrogens is 2. The van der Waals surface area contributed by atoms with Crippen molar-refractivity contribution in [3.63, 3.8) is 0 Å². The van der Waals surface area contributed by atoms with Crippen molar-refractivity contribution in [2.45, 2.75) is 6.92 Å². The molecule has 0 fully saturated rings. The largest absolute Gasteiger partial charge is 0.383 e. The summed E-state index contributed by atoms with van der Waals surface area (Å²) in [5, 5.41) is 4.05. The number of anilines is 1. The third-order valence-electron chi connectivity index (χ3n) is 2.58. The van der Waals surface area contributed by atoms with E-state index in [4.69, 9.17) is 5.73 Å². The van der Waals surface area contributed by atoms with Crippen LogP contribution in [-0.4, -0.2) is 9.78 Å². The van der Waals surface area contributed by atoms with Crippen molar-refractivity contribution in [1.82, 2.24) is 9.78 Å². The molecule has 0 aliphatic carbocycles. The van der Waals surface area contributed by atoms with Crippen LogP contribution >= 0.6 is 15.9 Å². The van der Waals surface area contributed by atoms with E-state index >= 15 is 0 Å². The lowest BCUT2D eigenvalue weighted by Gasteiger charge is -2.07. The van der Waals surface area contributed by atoms with E-state index in [0.717, 1.165) is 21.2 Å². The molecule has 5 heteroatoms.